The number of phenols is 1. The molecule has 1 aliphatic carbocycles. The van der Waals surface area contributed by atoms with Crippen molar-refractivity contribution in [3.05, 3.63) is 53.1 Å². The second-order valence-corrected chi connectivity index (χ2v) is 5.64. The molecule has 0 aromatic heterocycles. The van der Waals surface area contributed by atoms with Crippen LogP contribution in [-0.4, -0.2) is 23.6 Å². The first kappa shape index (κ1) is 13.7. The lowest BCUT2D eigenvalue weighted by atomic mass is 9.77. The number of hydrogen-bond donors (Lipinski definition) is 1. The Kier molecular flexibility index (Phi) is 3.35. The van der Waals surface area contributed by atoms with Gasteiger partial charge in [-0.25, -0.2) is 0 Å². The zero-order valence-corrected chi connectivity index (χ0v) is 13.2. The number of likely N-dealkylation sites (N-methyl/N-ethyl adjacent to an activating group) is 1. The van der Waals surface area contributed by atoms with Crippen LogP contribution in [0.2, 0.25) is 0 Å². The van der Waals surface area contributed by atoms with E-state index >= 15 is 0 Å². The summed E-state index contributed by atoms with van der Waals surface area (Å²) in [7, 11) is 2.21. The average molecular weight is 332 g/mol. The van der Waals surface area contributed by atoms with E-state index in [2.05, 4.69) is 36.2 Å². The Bertz CT molecular complexity index is 668. The first-order valence-electron chi connectivity index (χ1n) is 6.89. The molecule has 0 saturated carbocycles. The predicted octanol–water partition coefficient (Wildman–Crippen LogP) is 3.72. The molecule has 0 radical (unpaired) electrons. The van der Waals surface area contributed by atoms with Crippen molar-refractivity contribution < 1.29 is 5.11 Å². The summed E-state index contributed by atoms with van der Waals surface area (Å²) in [6.07, 6.45) is 2.11. The summed E-state index contributed by atoms with van der Waals surface area (Å²) in [6, 6.07) is 12.9. The normalized spacial score (nSPS) is 19.8. The number of aromatic hydroxyl groups is 1. The van der Waals surface area contributed by atoms with Gasteiger partial charge in [0.1, 0.15) is 5.75 Å². The topological polar surface area (TPSA) is 23.5 Å². The number of rotatable bonds is 0. The van der Waals surface area contributed by atoms with Crippen molar-refractivity contribution >= 4 is 17.0 Å². The third kappa shape index (κ3) is 1.80. The highest BCUT2D eigenvalue weighted by atomic mass is 79.9. The van der Waals surface area contributed by atoms with Crippen molar-refractivity contribution in [2.75, 3.05) is 13.6 Å². The number of fused-ring (bicyclic) bond motifs is 2. The SMILES string of the molecule is Br.CN1CCc2cccc3c2C1Cc1cccc(O)c1-3. The molecule has 2 aromatic rings. The summed E-state index contributed by atoms with van der Waals surface area (Å²) in [4.78, 5) is 2.44. The molecule has 0 saturated heterocycles. The van der Waals surface area contributed by atoms with Gasteiger partial charge >= 0.3 is 0 Å². The minimum Gasteiger partial charge on any atom is -0.507 e. The summed E-state index contributed by atoms with van der Waals surface area (Å²) in [5, 5.41) is 10.2. The van der Waals surface area contributed by atoms with Crippen LogP contribution in [0.25, 0.3) is 11.1 Å². The summed E-state index contributed by atoms with van der Waals surface area (Å²) in [6.45, 7) is 1.12. The van der Waals surface area contributed by atoms with Crippen molar-refractivity contribution in [2.24, 2.45) is 0 Å². The number of nitrogens with zero attached hydrogens (tertiary/aromatic N) is 1. The van der Waals surface area contributed by atoms with Gasteiger partial charge in [-0.2, -0.15) is 0 Å². The van der Waals surface area contributed by atoms with E-state index in [1.807, 2.05) is 6.07 Å². The van der Waals surface area contributed by atoms with Gasteiger partial charge in [0.2, 0.25) is 0 Å². The van der Waals surface area contributed by atoms with Crippen molar-refractivity contribution in [1.82, 2.24) is 4.90 Å². The van der Waals surface area contributed by atoms with Crippen LogP contribution in [0.15, 0.2) is 36.4 Å². The molecule has 4 rings (SSSR count). The van der Waals surface area contributed by atoms with Crippen molar-refractivity contribution in [1.29, 1.82) is 0 Å². The summed E-state index contributed by atoms with van der Waals surface area (Å²) >= 11 is 0. The van der Waals surface area contributed by atoms with E-state index in [4.69, 9.17) is 0 Å². The van der Waals surface area contributed by atoms with Gasteiger partial charge in [-0.1, -0.05) is 30.3 Å². The first-order chi connectivity index (χ1) is 9.25. The van der Waals surface area contributed by atoms with Gasteiger partial charge < -0.3 is 5.11 Å². The van der Waals surface area contributed by atoms with E-state index in [0.717, 1.165) is 24.9 Å². The summed E-state index contributed by atoms with van der Waals surface area (Å²) in [5.74, 6) is 0.414. The molecular weight excluding hydrogens is 314 g/mol. The van der Waals surface area contributed by atoms with Crippen LogP contribution in [0.3, 0.4) is 0 Å². The molecule has 0 bridgehead atoms. The van der Waals surface area contributed by atoms with Crippen LogP contribution < -0.4 is 0 Å². The maximum atomic E-state index is 10.2. The Balaban J connectivity index is 0.00000121. The molecule has 1 heterocycles. The quantitative estimate of drug-likeness (QED) is 0.795. The summed E-state index contributed by atoms with van der Waals surface area (Å²) < 4.78 is 0. The highest BCUT2D eigenvalue weighted by molar-refractivity contribution is 8.93. The zero-order valence-electron chi connectivity index (χ0n) is 11.5. The molecule has 2 aliphatic rings. The average Bonchev–Trinajstić information content (AvgIpc) is 2.43. The van der Waals surface area contributed by atoms with Gasteiger partial charge in [0.05, 0.1) is 0 Å². The van der Waals surface area contributed by atoms with E-state index < -0.39 is 0 Å². The maximum Gasteiger partial charge on any atom is 0.123 e. The molecule has 1 aliphatic heterocycles. The van der Waals surface area contributed by atoms with Crippen molar-refractivity contribution in [3.8, 4) is 16.9 Å². The second-order valence-electron chi connectivity index (χ2n) is 5.64. The molecule has 2 aromatic carbocycles. The third-order valence-corrected chi connectivity index (χ3v) is 4.61. The zero-order chi connectivity index (χ0) is 13.0. The van der Waals surface area contributed by atoms with E-state index in [9.17, 15) is 5.11 Å². The Labute approximate surface area is 129 Å². The highest BCUT2D eigenvalue weighted by Gasteiger charge is 2.33. The fourth-order valence-corrected chi connectivity index (χ4v) is 3.65. The Morgan fingerprint density at radius 1 is 1.10 bits per heavy atom. The molecule has 2 nitrogen and oxygen atoms in total. The number of halogens is 1. The molecule has 1 N–H and O–H groups in total. The molecule has 20 heavy (non-hydrogen) atoms. The van der Waals surface area contributed by atoms with E-state index in [0.29, 0.717) is 11.8 Å². The lowest BCUT2D eigenvalue weighted by molar-refractivity contribution is 0.228. The molecule has 1 atom stereocenters. The molecule has 3 heteroatoms. The highest BCUT2D eigenvalue weighted by Crippen LogP contribution is 2.47. The lowest BCUT2D eigenvalue weighted by Gasteiger charge is -2.39. The lowest BCUT2D eigenvalue weighted by Crippen LogP contribution is -2.35. The standard InChI is InChI=1S/C17H17NO.BrH/c1-18-9-8-11-4-2-6-13-16(11)14(18)10-12-5-3-7-15(19)17(12)13;/h2-7,14,19H,8-10H2,1H3;1H. The van der Waals surface area contributed by atoms with Crippen LogP contribution in [0, 0.1) is 0 Å². The molecule has 0 spiro atoms. The molecule has 1 unspecified atom stereocenters. The second kappa shape index (κ2) is 4.90. The number of benzene rings is 2. The number of hydrogen-bond acceptors (Lipinski definition) is 2. The van der Waals surface area contributed by atoms with Crippen LogP contribution >= 0.6 is 17.0 Å². The van der Waals surface area contributed by atoms with Crippen molar-refractivity contribution in [3.63, 3.8) is 0 Å². The predicted molar refractivity (Wildman–Crippen MR) is 86.6 cm³/mol. The van der Waals surface area contributed by atoms with Gasteiger partial charge in [-0.15, -0.1) is 17.0 Å². The largest absolute Gasteiger partial charge is 0.507 e. The van der Waals surface area contributed by atoms with Gasteiger partial charge in [0.15, 0.2) is 0 Å². The molecule has 0 amide bonds. The Morgan fingerprint density at radius 2 is 1.85 bits per heavy atom. The molecule has 0 fully saturated rings. The molecular formula is C17H18BrNO. The van der Waals surface area contributed by atoms with Crippen LogP contribution in [-0.2, 0) is 12.8 Å². The van der Waals surface area contributed by atoms with E-state index in [1.165, 1.54) is 22.3 Å². The van der Waals surface area contributed by atoms with Crippen LogP contribution in [0.5, 0.6) is 5.75 Å². The van der Waals surface area contributed by atoms with Crippen molar-refractivity contribution in [2.45, 2.75) is 18.9 Å². The molecule has 104 valence electrons. The van der Waals surface area contributed by atoms with Gasteiger partial charge in [-0.3, -0.25) is 4.90 Å². The maximum absolute atomic E-state index is 10.2. The van der Waals surface area contributed by atoms with Crippen LogP contribution in [0.4, 0.5) is 0 Å². The third-order valence-electron chi connectivity index (χ3n) is 4.61. The van der Waals surface area contributed by atoms with Gasteiger partial charge in [0, 0.05) is 18.2 Å². The first-order valence-corrected chi connectivity index (χ1v) is 6.89. The smallest absolute Gasteiger partial charge is 0.123 e. The Hall–Kier alpha value is -1.32. The van der Waals surface area contributed by atoms with E-state index in [1.54, 1.807) is 6.07 Å². The van der Waals surface area contributed by atoms with Gasteiger partial charge in [-0.05, 0) is 48.2 Å². The minimum atomic E-state index is 0. The van der Waals surface area contributed by atoms with E-state index in [-0.39, 0.29) is 17.0 Å². The fourth-order valence-electron chi connectivity index (χ4n) is 3.65. The summed E-state index contributed by atoms with van der Waals surface area (Å²) in [5.41, 5.74) is 6.43. The fraction of sp³-hybridized carbons (Fsp3) is 0.294. The van der Waals surface area contributed by atoms with Crippen LogP contribution in [0.1, 0.15) is 22.7 Å². The monoisotopic (exact) mass is 331 g/mol. The van der Waals surface area contributed by atoms with Gasteiger partial charge in [0.25, 0.3) is 0 Å². The minimum absolute atomic E-state index is 0. The number of phenolic OH excluding ortho intramolecular Hbond substituents is 1. The Morgan fingerprint density at radius 3 is 2.70 bits per heavy atom.